The molecule has 0 rings (SSSR count). The first kappa shape index (κ1) is 11.7. The van der Waals surface area contributed by atoms with Crippen molar-refractivity contribution < 1.29 is 5.11 Å². The second-order valence-electron chi connectivity index (χ2n) is 4.46. The van der Waals surface area contributed by atoms with E-state index in [-0.39, 0.29) is 5.41 Å². The zero-order valence-electron chi connectivity index (χ0n) is 8.11. The molecule has 1 nitrogen and oxygen atoms in total. The number of hydrogen-bond donors (Lipinski definition) is 1. The Labute approximate surface area is 79.9 Å². The van der Waals surface area contributed by atoms with E-state index in [0.717, 1.165) is 0 Å². The van der Waals surface area contributed by atoms with E-state index < -0.39 is 14.0 Å². The molecule has 0 heterocycles. The Balaban J connectivity index is 4.61. The van der Waals surface area contributed by atoms with Crippen molar-refractivity contribution in [3.8, 4) is 0 Å². The molecule has 0 aromatic carbocycles. The number of hydrogen-bond acceptors (Lipinski definition) is 1. The third-order valence-corrected chi connectivity index (χ3v) is 6.89. The van der Waals surface area contributed by atoms with Crippen molar-refractivity contribution >= 4 is 24.7 Å². The fourth-order valence-corrected chi connectivity index (χ4v) is 6.04. The summed E-state index contributed by atoms with van der Waals surface area (Å²) in [7, 11) is -1.02. The van der Waals surface area contributed by atoms with E-state index in [9.17, 15) is 5.11 Å². The molecule has 0 saturated carbocycles. The molecule has 1 N–H and O–H groups in total. The van der Waals surface area contributed by atoms with Gasteiger partial charge in [-0.3, -0.25) is 0 Å². The van der Waals surface area contributed by atoms with Crippen LogP contribution in [0.2, 0.25) is 13.1 Å². The van der Waals surface area contributed by atoms with Gasteiger partial charge < -0.3 is 5.11 Å². The van der Waals surface area contributed by atoms with Crippen LogP contribution < -0.4 is 0 Å². The van der Waals surface area contributed by atoms with Crippen molar-refractivity contribution in [3.05, 3.63) is 0 Å². The van der Waals surface area contributed by atoms with Crippen LogP contribution in [0.4, 0.5) is 0 Å². The molecule has 1 atom stereocenters. The molecular weight excluding hydrogens is 220 g/mol. The molecule has 1 unspecified atom stereocenters. The van der Waals surface area contributed by atoms with E-state index in [2.05, 4.69) is 49.8 Å². The van der Waals surface area contributed by atoms with Crippen LogP contribution in [0, 0.1) is 5.41 Å². The lowest BCUT2D eigenvalue weighted by molar-refractivity contribution is 0.0353. The minimum atomic E-state index is -1.02. The number of rotatable bonds is 2. The Kier molecular flexibility index (Phi) is 3.80. The summed E-state index contributed by atoms with van der Waals surface area (Å²) in [5, 5.41) is 10.5. The van der Waals surface area contributed by atoms with Gasteiger partial charge in [-0.15, -0.1) is 0 Å². The second kappa shape index (κ2) is 3.58. The van der Waals surface area contributed by atoms with Gasteiger partial charge in [0.2, 0.25) is 0 Å². The molecule has 0 aliphatic carbocycles. The van der Waals surface area contributed by atoms with E-state index in [1.165, 1.54) is 0 Å². The van der Waals surface area contributed by atoms with Crippen molar-refractivity contribution in [2.24, 2.45) is 5.41 Å². The summed E-state index contributed by atoms with van der Waals surface area (Å²) >= 11 is 3.39. The predicted octanol–water partition coefficient (Wildman–Crippen LogP) is 2.18. The highest BCUT2D eigenvalue weighted by Crippen LogP contribution is 2.33. The normalized spacial score (nSPS) is 18.5. The average molecular weight is 239 g/mol. The van der Waals surface area contributed by atoms with Crippen LogP contribution in [0.1, 0.15) is 20.8 Å². The van der Waals surface area contributed by atoms with Gasteiger partial charge >= 0.3 is 0 Å². The summed E-state index contributed by atoms with van der Waals surface area (Å²) in [5.74, 6) is 0. The summed E-state index contributed by atoms with van der Waals surface area (Å²) < 4.78 is 0. The number of aliphatic hydroxyl groups is 1. The lowest BCUT2D eigenvalue weighted by Crippen LogP contribution is -2.54. The van der Waals surface area contributed by atoms with Gasteiger partial charge in [0.05, 0.1) is 14.0 Å². The molecular formula is C8H19BrOSi. The Morgan fingerprint density at radius 3 is 1.64 bits per heavy atom. The van der Waals surface area contributed by atoms with E-state index >= 15 is 0 Å². The van der Waals surface area contributed by atoms with Crippen LogP contribution in [0.15, 0.2) is 0 Å². The highest BCUT2D eigenvalue weighted by atomic mass is 79.9. The Morgan fingerprint density at radius 2 is 1.64 bits per heavy atom. The minimum Gasteiger partial charge on any atom is -0.392 e. The van der Waals surface area contributed by atoms with Crippen molar-refractivity contribution in [1.82, 2.24) is 0 Å². The first-order valence-electron chi connectivity index (χ1n) is 4.04. The van der Waals surface area contributed by atoms with Crippen molar-refractivity contribution in [3.63, 3.8) is 0 Å². The summed E-state index contributed by atoms with van der Waals surface area (Å²) in [4.78, 5) is 0. The first-order chi connectivity index (χ1) is 4.75. The third-order valence-electron chi connectivity index (χ3n) is 2.46. The molecule has 68 valence electrons. The Hall–Kier alpha value is 0.657. The monoisotopic (exact) mass is 238 g/mol. The maximum atomic E-state index is 10.2. The molecule has 0 saturated heterocycles. The van der Waals surface area contributed by atoms with Gasteiger partial charge in [0.15, 0.2) is 0 Å². The lowest BCUT2D eigenvalue weighted by atomic mass is 9.89. The van der Waals surface area contributed by atoms with Gasteiger partial charge in [-0.1, -0.05) is 49.8 Å². The van der Waals surface area contributed by atoms with E-state index in [4.69, 9.17) is 0 Å². The molecule has 11 heavy (non-hydrogen) atoms. The Morgan fingerprint density at radius 1 is 1.27 bits per heavy atom. The second-order valence-corrected chi connectivity index (χ2v) is 8.29. The summed E-state index contributed by atoms with van der Waals surface area (Å²) in [6.07, 6.45) is 0. The zero-order chi connectivity index (χ0) is 9.28. The summed E-state index contributed by atoms with van der Waals surface area (Å²) in [6, 6.07) is 0. The quantitative estimate of drug-likeness (QED) is 0.578. The van der Waals surface area contributed by atoms with Crippen LogP contribution in [-0.2, 0) is 0 Å². The molecule has 0 fully saturated rings. The lowest BCUT2D eigenvalue weighted by Gasteiger charge is -2.42. The molecule has 0 aromatic heterocycles. The molecule has 0 aromatic rings. The topological polar surface area (TPSA) is 20.2 Å². The van der Waals surface area contributed by atoms with Gasteiger partial charge in [0.1, 0.15) is 0 Å². The van der Waals surface area contributed by atoms with E-state index in [0.29, 0.717) is 5.33 Å². The highest BCUT2D eigenvalue weighted by molar-refractivity contribution is 9.09. The Bertz CT molecular complexity index is 131. The predicted molar refractivity (Wildman–Crippen MR) is 57.1 cm³/mol. The van der Waals surface area contributed by atoms with Crippen LogP contribution in [-0.4, -0.2) is 24.5 Å². The van der Waals surface area contributed by atoms with E-state index in [1.807, 2.05) is 0 Å². The van der Waals surface area contributed by atoms with Crippen LogP contribution >= 0.6 is 15.9 Å². The highest BCUT2D eigenvalue weighted by Gasteiger charge is 2.41. The molecule has 3 heteroatoms. The molecule has 0 radical (unpaired) electrons. The molecule has 0 aliphatic heterocycles. The number of halogens is 1. The molecule has 0 bridgehead atoms. The van der Waals surface area contributed by atoms with Crippen molar-refractivity contribution in [2.75, 3.05) is 5.33 Å². The van der Waals surface area contributed by atoms with Gasteiger partial charge in [-0.2, -0.15) is 0 Å². The molecule has 0 aliphatic rings. The van der Waals surface area contributed by atoms with Gasteiger partial charge in [0.25, 0.3) is 0 Å². The first-order valence-corrected chi connectivity index (χ1v) is 8.05. The molecule has 0 spiro atoms. The van der Waals surface area contributed by atoms with Crippen LogP contribution in [0.25, 0.3) is 0 Å². The van der Waals surface area contributed by atoms with Gasteiger partial charge in [-0.25, -0.2) is 0 Å². The summed E-state index contributed by atoms with van der Waals surface area (Å²) in [6.45, 7) is 10.7. The standard InChI is InChI=1S/C8H19BrOSi/c1-7(2,3)8(10,6-9)11(4)5/h10-11H,6H2,1-5H3. The van der Waals surface area contributed by atoms with E-state index in [1.54, 1.807) is 0 Å². The SMILES string of the molecule is C[SiH](C)C(O)(CBr)C(C)(C)C. The van der Waals surface area contributed by atoms with Crippen LogP contribution in [0.3, 0.4) is 0 Å². The smallest absolute Gasteiger partial charge is 0.0709 e. The van der Waals surface area contributed by atoms with Gasteiger partial charge in [-0.05, 0) is 5.41 Å². The molecule has 0 amide bonds. The van der Waals surface area contributed by atoms with Gasteiger partial charge in [0, 0.05) is 5.33 Å². The number of alkyl halides is 1. The maximum absolute atomic E-state index is 10.2. The zero-order valence-corrected chi connectivity index (χ0v) is 10.9. The van der Waals surface area contributed by atoms with Crippen molar-refractivity contribution in [1.29, 1.82) is 0 Å². The maximum Gasteiger partial charge on any atom is 0.0709 e. The summed E-state index contributed by atoms with van der Waals surface area (Å²) in [5.41, 5.74) is -0.00309. The largest absolute Gasteiger partial charge is 0.392 e. The fraction of sp³-hybridized carbons (Fsp3) is 1.00. The van der Waals surface area contributed by atoms with Crippen molar-refractivity contribution in [2.45, 2.75) is 39.1 Å². The minimum absolute atomic E-state index is 0.00309. The fourth-order valence-electron chi connectivity index (χ4n) is 1.22. The third kappa shape index (κ3) is 2.29. The van der Waals surface area contributed by atoms with Crippen LogP contribution in [0.5, 0.6) is 0 Å². The average Bonchev–Trinajstić information content (AvgIpc) is 1.83.